The van der Waals surface area contributed by atoms with Gasteiger partial charge in [-0.3, -0.25) is 9.69 Å². The number of sulfonamides is 1. The molecule has 7 nitrogen and oxygen atoms in total. The fraction of sp³-hybridized carbons (Fsp3) is 0.500. The number of piperidine rings is 1. The predicted molar refractivity (Wildman–Crippen MR) is 130 cm³/mol. The molecule has 2 aliphatic rings. The number of amides is 1. The highest BCUT2D eigenvalue weighted by atomic mass is 32.2. The minimum atomic E-state index is -3.56. The summed E-state index contributed by atoms with van der Waals surface area (Å²) in [6.07, 6.45) is 3.80. The molecule has 0 radical (unpaired) electrons. The summed E-state index contributed by atoms with van der Waals surface area (Å²) < 4.78 is 27.5. The first kappa shape index (κ1) is 23.9. The molecule has 9 heteroatoms. The third-order valence-electron chi connectivity index (χ3n) is 6.39. The van der Waals surface area contributed by atoms with Crippen LogP contribution in [0, 0.1) is 17.2 Å². The zero-order chi connectivity index (χ0) is 23.6. The van der Waals surface area contributed by atoms with E-state index in [0.717, 1.165) is 55.8 Å². The number of carbonyl (C=O) groups excluding carboxylic acids is 1. The van der Waals surface area contributed by atoms with Gasteiger partial charge in [-0.1, -0.05) is 13.8 Å². The number of hydrogen-bond acceptors (Lipinski definition) is 6. The first-order valence-electron chi connectivity index (χ1n) is 11.5. The molecular formula is C24H30N4O3S2. The van der Waals surface area contributed by atoms with E-state index in [2.05, 4.69) is 30.1 Å². The standard InChI is InChI=1S/C24H30N4O3S2/c1-3-11-27-13-10-20-21(14-25)24(32-22(20)16-27)26-23(29)18-6-8-19(9-7-18)33(30,31)28-12-4-5-17(2)15-28/h6-9,17H,3-5,10-13,15-16H2,1-2H3,(H,26,29). The highest BCUT2D eigenvalue weighted by Gasteiger charge is 2.29. The normalized spacial score (nSPS) is 19.6. The number of anilines is 1. The lowest BCUT2D eigenvalue weighted by molar-refractivity contribution is 0.102. The van der Waals surface area contributed by atoms with Crippen molar-refractivity contribution in [3.8, 4) is 6.07 Å². The molecule has 33 heavy (non-hydrogen) atoms. The number of carbonyl (C=O) groups is 1. The highest BCUT2D eigenvalue weighted by molar-refractivity contribution is 7.89. The molecule has 1 unspecified atom stereocenters. The van der Waals surface area contributed by atoms with Gasteiger partial charge in [-0.05, 0) is 68.0 Å². The second-order valence-electron chi connectivity index (χ2n) is 8.93. The Labute approximate surface area is 200 Å². The van der Waals surface area contributed by atoms with Crippen molar-refractivity contribution < 1.29 is 13.2 Å². The molecule has 1 saturated heterocycles. The van der Waals surface area contributed by atoms with Crippen molar-refractivity contribution in [2.24, 2.45) is 5.92 Å². The fourth-order valence-corrected chi connectivity index (χ4v) is 7.47. The quantitative estimate of drug-likeness (QED) is 0.665. The maximum absolute atomic E-state index is 13.0. The van der Waals surface area contributed by atoms with E-state index in [4.69, 9.17) is 0 Å². The smallest absolute Gasteiger partial charge is 0.256 e. The van der Waals surface area contributed by atoms with Crippen LogP contribution < -0.4 is 5.32 Å². The van der Waals surface area contributed by atoms with Crippen molar-refractivity contribution in [2.45, 2.75) is 51.0 Å². The lowest BCUT2D eigenvalue weighted by Crippen LogP contribution is -2.39. The molecule has 1 fully saturated rings. The highest BCUT2D eigenvalue weighted by Crippen LogP contribution is 2.37. The molecule has 0 aliphatic carbocycles. The molecule has 176 valence electrons. The summed E-state index contributed by atoms with van der Waals surface area (Å²) >= 11 is 1.47. The molecule has 0 saturated carbocycles. The third-order valence-corrected chi connectivity index (χ3v) is 9.40. The van der Waals surface area contributed by atoms with E-state index >= 15 is 0 Å². The average molecular weight is 487 g/mol. The number of nitrogens with one attached hydrogen (secondary N) is 1. The first-order chi connectivity index (χ1) is 15.8. The van der Waals surface area contributed by atoms with Gasteiger partial charge in [-0.15, -0.1) is 11.3 Å². The Morgan fingerprint density at radius 2 is 2.03 bits per heavy atom. The van der Waals surface area contributed by atoms with E-state index in [1.165, 1.54) is 39.9 Å². The molecule has 4 rings (SSSR count). The van der Waals surface area contributed by atoms with E-state index in [-0.39, 0.29) is 10.8 Å². The van der Waals surface area contributed by atoms with Gasteiger partial charge in [-0.25, -0.2) is 8.42 Å². The molecule has 2 aliphatic heterocycles. The fourth-order valence-electron chi connectivity index (χ4n) is 4.64. The van der Waals surface area contributed by atoms with Gasteiger partial charge in [0.15, 0.2) is 0 Å². The maximum Gasteiger partial charge on any atom is 0.256 e. The Morgan fingerprint density at radius 3 is 2.70 bits per heavy atom. The maximum atomic E-state index is 13.0. The Bertz CT molecular complexity index is 1170. The van der Waals surface area contributed by atoms with Crippen LogP contribution in [0.2, 0.25) is 0 Å². The largest absolute Gasteiger partial charge is 0.312 e. The zero-order valence-electron chi connectivity index (χ0n) is 19.1. The van der Waals surface area contributed by atoms with Crippen molar-refractivity contribution in [3.05, 3.63) is 45.8 Å². The van der Waals surface area contributed by atoms with E-state index in [1.54, 1.807) is 0 Å². The lowest BCUT2D eigenvalue weighted by Gasteiger charge is -2.30. The topological polar surface area (TPSA) is 93.5 Å². The first-order valence-corrected chi connectivity index (χ1v) is 13.8. The summed E-state index contributed by atoms with van der Waals surface area (Å²) in [5, 5.41) is 13.2. The Morgan fingerprint density at radius 1 is 1.27 bits per heavy atom. The Kier molecular flexibility index (Phi) is 7.19. The number of thiophene rings is 1. The SMILES string of the molecule is CCCN1CCc2c(sc(NC(=O)c3ccc(S(=O)(=O)N4CCCC(C)C4)cc3)c2C#N)C1. The molecule has 0 bridgehead atoms. The van der Waals surface area contributed by atoms with Gasteiger partial charge in [0.25, 0.3) is 5.91 Å². The molecule has 0 spiro atoms. The summed E-state index contributed by atoms with van der Waals surface area (Å²) in [7, 11) is -3.56. The van der Waals surface area contributed by atoms with Crippen LogP contribution in [0.1, 0.15) is 59.5 Å². The van der Waals surface area contributed by atoms with Crippen molar-refractivity contribution >= 4 is 32.3 Å². The summed E-state index contributed by atoms with van der Waals surface area (Å²) in [6.45, 7) is 8.02. The molecular weight excluding hydrogens is 456 g/mol. The number of nitrogens with zero attached hydrogens (tertiary/aromatic N) is 3. The van der Waals surface area contributed by atoms with Crippen molar-refractivity contribution in [2.75, 3.05) is 31.5 Å². The van der Waals surface area contributed by atoms with Crippen molar-refractivity contribution in [1.82, 2.24) is 9.21 Å². The summed E-state index contributed by atoms with van der Waals surface area (Å²) in [5.41, 5.74) is 1.96. The molecule has 3 heterocycles. The molecule has 1 aromatic carbocycles. The number of fused-ring (bicyclic) bond motifs is 1. The van der Waals surface area contributed by atoms with Crippen molar-refractivity contribution in [3.63, 3.8) is 0 Å². The minimum absolute atomic E-state index is 0.202. The summed E-state index contributed by atoms with van der Waals surface area (Å²) in [6, 6.07) is 8.34. The van der Waals surface area contributed by atoms with Crippen LogP contribution in [0.25, 0.3) is 0 Å². The van der Waals surface area contributed by atoms with Crippen molar-refractivity contribution in [1.29, 1.82) is 5.26 Å². The van der Waals surface area contributed by atoms with Crippen LogP contribution in [0.5, 0.6) is 0 Å². The average Bonchev–Trinajstić information content (AvgIpc) is 3.15. The van der Waals surface area contributed by atoms with Crippen LogP contribution in [0.4, 0.5) is 5.00 Å². The van der Waals surface area contributed by atoms with Crippen LogP contribution in [-0.2, 0) is 23.0 Å². The van der Waals surface area contributed by atoms with Crippen LogP contribution in [0.15, 0.2) is 29.2 Å². The minimum Gasteiger partial charge on any atom is -0.312 e. The van der Waals surface area contributed by atoms with Crippen LogP contribution >= 0.6 is 11.3 Å². The molecule has 2 aromatic rings. The van der Waals surface area contributed by atoms with E-state index < -0.39 is 10.0 Å². The van der Waals surface area contributed by atoms with Gasteiger partial charge in [0.2, 0.25) is 10.0 Å². The predicted octanol–water partition coefficient (Wildman–Crippen LogP) is 4.06. The summed E-state index contributed by atoms with van der Waals surface area (Å²) in [5.74, 6) is 0.00429. The van der Waals surface area contributed by atoms with Gasteiger partial charge in [0.05, 0.1) is 10.5 Å². The number of hydrogen-bond donors (Lipinski definition) is 1. The molecule has 1 aromatic heterocycles. The van der Waals surface area contributed by atoms with Gasteiger partial charge in [0, 0.05) is 36.6 Å². The Hall–Kier alpha value is -2.25. The second-order valence-corrected chi connectivity index (χ2v) is 12.0. The summed E-state index contributed by atoms with van der Waals surface area (Å²) in [4.78, 5) is 16.6. The lowest BCUT2D eigenvalue weighted by atomic mass is 10.0. The second kappa shape index (κ2) is 9.94. The van der Waals surface area contributed by atoms with E-state index in [0.29, 0.717) is 35.1 Å². The van der Waals surface area contributed by atoms with Gasteiger partial charge in [-0.2, -0.15) is 9.57 Å². The Balaban J connectivity index is 1.49. The third kappa shape index (κ3) is 4.99. The molecule has 1 N–H and O–H groups in total. The number of rotatable bonds is 6. The van der Waals surface area contributed by atoms with Crippen LogP contribution in [-0.4, -0.2) is 49.7 Å². The van der Waals surface area contributed by atoms with Gasteiger partial charge in [0.1, 0.15) is 11.1 Å². The van der Waals surface area contributed by atoms with E-state index in [9.17, 15) is 18.5 Å². The monoisotopic (exact) mass is 486 g/mol. The van der Waals surface area contributed by atoms with Gasteiger partial charge >= 0.3 is 0 Å². The number of benzene rings is 1. The molecule has 1 amide bonds. The zero-order valence-corrected chi connectivity index (χ0v) is 20.8. The number of nitriles is 1. The van der Waals surface area contributed by atoms with Crippen LogP contribution in [0.3, 0.4) is 0 Å². The van der Waals surface area contributed by atoms with E-state index in [1.807, 2.05) is 0 Å². The molecule has 1 atom stereocenters. The van der Waals surface area contributed by atoms with Gasteiger partial charge < -0.3 is 5.32 Å².